The van der Waals surface area contributed by atoms with Crippen molar-refractivity contribution in [2.24, 2.45) is 0 Å². The van der Waals surface area contributed by atoms with Crippen LogP contribution in [0.2, 0.25) is 0 Å². The molecule has 2 aromatic carbocycles. The van der Waals surface area contributed by atoms with Crippen molar-refractivity contribution in [3.63, 3.8) is 0 Å². The first-order chi connectivity index (χ1) is 15.1. The Morgan fingerprint density at radius 1 is 1.03 bits per heavy atom. The molecule has 1 aliphatic rings. The number of rotatable bonds is 10. The van der Waals surface area contributed by atoms with Crippen molar-refractivity contribution in [2.45, 2.75) is 45.1 Å². The highest BCUT2D eigenvalue weighted by molar-refractivity contribution is 5.91. The molecule has 1 unspecified atom stereocenters. The van der Waals surface area contributed by atoms with Crippen molar-refractivity contribution in [1.29, 1.82) is 0 Å². The number of hydrogen-bond donors (Lipinski definition) is 1. The van der Waals surface area contributed by atoms with E-state index in [4.69, 9.17) is 14.2 Å². The van der Waals surface area contributed by atoms with E-state index in [1.807, 2.05) is 0 Å². The average Bonchev–Trinajstić information content (AvgIpc) is 2.80. The van der Waals surface area contributed by atoms with Crippen LogP contribution in [0.25, 0.3) is 0 Å². The van der Waals surface area contributed by atoms with E-state index in [1.54, 1.807) is 33.5 Å². The second-order valence-electron chi connectivity index (χ2n) is 7.91. The molecule has 0 saturated carbocycles. The summed E-state index contributed by atoms with van der Waals surface area (Å²) in [7, 11) is 4.69. The Balaban J connectivity index is 1.62. The van der Waals surface area contributed by atoms with Crippen LogP contribution in [-0.4, -0.2) is 51.3 Å². The Morgan fingerprint density at radius 2 is 1.71 bits per heavy atom. The van der Waals surface area contributed by atoms with Gasteiger partial charge >= 0.3 is 0 Å². The molecule has 31 heavy (non-hydrogen) atoms. The minimum absolute atomic E-state index is 0.0217. The topological polar surface area (TPSA) is 60.0 Å². The Bertz CT molecular complexity index is 859. The molecule has 0 heterocycles. The first-order valence-corrected chi connectivity index (χ1v) is 11.0. The normalized spacial score (nSPS) is 15.3. The monoisotopic (exact) mass is 426 g/mol. The third-order valence-corrected chi connectivity index (χ3v) is 5.92. The van der Waals surface area contributed by atoms with Crippen molar-refractivity contribution < 1.29 is 19.0 Å². The number of aryl methyl sites for hydroxylation is 1. The summed E-state index contributed by atoms with van der Waals surface area (Å²) in [4.78, 5) is 15.2. The van der Waals surface area contributed by atoms with Gasteiger partial charge in [-0.25, -0.2) is 0 Å². The number of ether oxygens (including phenoxy) is 3. The summed E-state index contributed by atoms with van der Waals surface area (Å²) in [6.07, 6.45) is 4.83. The summed E-state index contributed by atoms with van der Waals surface area (Å²) in [5.41, 5.74) is 3.55. The Kier molecular flexibility index (Phi) is 8.18. The van der Waals surface area contributed by atoms with Crippen LogP contribution in [0.3, 0.4) is 0 Å². The number of carbonyl (C=O) groups excluding carboxylic acids is 1. The van der Waals surface area contributed by atoms with Gasteiger partial charge in [-0.3, -0.25) is 9.69 Å². The molecule has 3 rings (SSSR count). The molecule has 1 amide bonds. The number of nitrogens with zero attached hydrogens (tertiary/aromatic N) is 1. The van der Waals surface area contributed by atoms with Gasteiger partial charge in [-0.2, -0.15) is 0 Å². The molecule has 0 saturated heterocycles. The number of fused-ring (bicyclic) bond motifs is 1. The zero-order valence-electron chi connectivity index (χ0n) is 19.1. The SMILES string of the molecule is CCCN(CCC(=O)Nc1cc(OC)c(OC)c(OC)c1)C1CCc2ccccc2C1. The molecular formula is C25H34N2O4. The van der Waals surface area contributed by atoms with Crippen molar-refractivity contribution >= 4 is 11.6 Å². The molecule has 1 aliphatic carbocycles. The Labute approximate surface area is 185 Å². The van der Waals surface area contributed by atoms with Gasteiger partial charge in [0.2, 0.25) is 11.7 Å². The number of nitrogens with one attached hydrogen (secondary N) is 1. The highest BCUT2D eigenvalue weighted by Gasteiger charge is 2.24. The lowest BCUT2D eigenvalue weighted by Crippen LogP contribution is -2.41. The maximum atomic E-state index is 12.7. The molecule has 0 aliphatic heterocycles. The van der Waals surface area contributed by atoms with Gasteiger partial charge in [0.1, 0.15) is 0 Å². The third kappa shape index (κ3) is 5.70. The van der Waals surface area contributed by atoms with E-state index in [9.17, 15) is 4.79 Å². The lowest BCUT2D eigenvalue weighted by atomic mass is 9.87. The Morgan fingerprint density at radius 3 is 2.32 bits per heavy atom. The number of methoxy groups -OCH3 is 3. The minimum atomic E-state index is -0.0217. The molecule has 0 radical (unpaired) electrons. The predicted octanol–water partition coefficient (Wildman–Crippen LogP) is 4.31. The van der Waals surface area contributed by atoms with Crippen LogP contribution in [-0.2, 0) is 17.6 Å². The van der Waals surface area contributed by atoms with Crippen molar-refractivity contribution in [2.75, 3.05) is 39.7 Å². The molecule has 1 N–H and O–H groups in total. The zero-order valence-corrected chi connectivity index (χ0v) is 19.1. The summed E-state index contributed by atoms with van der Waals surface area (Å²) >= 11 is 0. The predicted molar refractivity (Wildman–Crippen MR) is 123 cm³/mol. The van der Waals surface area contributed by atoms with E-state index in [1.165, 1.54) is 11.1 Å². The maximum Gasteiger partial charge on any atom is 0.225 e. The van der Waals surface area contributed by atoms with Crippen LogP contribution >= 0.6 is 0 Å². The van der Waals surface area contributed by atoms with Crippen molar-refractivity contribution in [1.82, 2.24) is 4.90 Å². The van der Waals surface area contributed by atoms with E-state index in [0.717, 1.165) is 38.8 Å². The number of anilines is 1. The quantitative estimate of drug-likeness (QED) is 0.613. The number of hydrogen-bond acceptors (Lipinski definition) is 5. The third-order valence-electron chi connectivity index (χ3n) is 5.92. The van der Waals surface area contributed by atoms with Crippen molar-refractivity contribution in [3.05, 3.63) is 47.5 Å². The molecule has 168 valence electrons. The molecule has 6 nitrogen and oxygen atoms in total. The smallest absolute Gasteiger partial charge is 0.225 e. The van der Waals surface area contributed by atoms with Crippen LogP contribution < -0.4 is 19.5 Å². The second-order valence-corrected chi connectivity index (χ2v) is 7.91. The summed E-state index contributed by atoms with van der Waals surface area (Å²) in [6, 6.07) is 12.7. The lowest BCUT2D eigenvalue weighted by molar-refractivity contribution is -0.116. The molecular weight excluding hydrogens is 392 g/mol. The largest absolute Gasteiger partial charge is 0.493 e. The first kappa shape index (κ1) is 22.9. The van der Waals surface area contributed by atoms with Gasteiger partial charge in [-0.15, -0.1) is 0 Å². The summed E-state index contributed by atoms with van der Waals surface area (Å²) in [6.45, 7) is 3.95. The van der Waals surface area contributed by atoms with Gasteiger partial charge in [0.05, 0.1) is 21.3 Å². The number of benzene rings is 2. The molecule has 0 spiro atoms. The van der Waals surface area contributed by atoms with E-state index in [-0.39, 0.29) is 5.91 Å². The molecule has 0 fully saturated rings. The van der Waals surface area contributed by atoms with Gasteiger partial charge in [0.25, 0.3) is 0 Å². The molecule has 0 bridgehead atoms. The van der Waals surface area contributed by atoms with Crippen LogP contribution in [0, 0.1) is 0 Å². The van der Waals surface area contributed by atoms with E-state index >= 15 is 0 Å². The molecule has 0 aromatic heterocycles. The van der Waals surface area contributed by atoms with Crippen molar-refractivity contribution in [3.8, 4) is 17.2 Å². The Hall–Kier alpha value is -2.73. The van der Waals surface area contributed by atoms with E-state index < -0.39 is 0 Å². The van der Waals surface area contributed by atoms with Gasteiger partial charge in [0.15, 0.2) is 11.5 Å². The fourth-order valence-electron chi connectivity index (χ4n) is 4.38. The van der Waals surface area contributed by atoms with Gasteiger partial charge in [-0.1, -0.05) is 31.2 Å². The molecule has 6 heteroatoms. The van der Waals surface area contributed by atoms with E-state index in [0.29, 0.717) is 35.4 Å². The van der Waals surface area contributed by atoms with Gasteiger partial charge in [-0.05, 0) is 43.4 Å². The fraction of sp³-hybridized carbons (Fsp3) is 0.480. The van der Waals surface area contributed by atoms with Crippen LogP contribution in [0.4, 0.5) is 5.69 Å². The fourth-order valence-corrected chi connectivity index (χ4v) is 4.38. The average molecular weight is 427 g/mol. The maximum absolute atomic E-state index is 12.7. The highest BCUT2D eigenvalue weighted by atomic mass is 16.5. The van der Waals surface area contributed by atoms with Crippen LogP contribution in [0.5, 0.6) is 17.2 Å². The standard InChI is InChI=1S/C25H34N2O4/c1-5-13-27(21-11-10-18-8-6-7-9-19(18)15-21)14-12-24(28)26-20-16-22(29-2)25(31-4)23(17-20)30-3/h6-9,16-17,21H,5,10-15H2,1-4H3,(H,26,28). The number of amides is 1. The van der Waals surface area contributed by atoms with Gasteiger partial charge in [0, 0.05) is 36.8 Å². The summed E-state index contributed by atoms with van der Waals surface area (Å²) in [5.74, 6) is 1.53. The lowest BCUT2D eigenvalue weighted by Gasteiger charge is -2.35. The molecule has 2 aromatic rings. The van der Waals surface area contributed by atoms with Gasteiger partial charge < -0.3 is 19.5 Å². The zero-order chi connectivity index (χ0) is 22.2. The minimum Gasteiger partial charge on any atom is -0.493 e. The summed E-state index contributed by atoms with van der Waals surface area (Å²) < 4.78 is 16.1. The molecule has 1 atom stereocenters. The van der Waals surface area contributed by atoms with Crippen LogP contribution in [0.1, 0.15) is 37.3 Å². The summed E-state index contributed by atoms with van der Waals surface area (Å²) in [5, 5.41) is 2.98. The number of carbonyl (C=O) groups is 1. The second kappa shape index (κ2) is 11.0. The van der Waals surface area contributed by atoms with Crippen LogP contribution in [0.15, 0.2) is 36.4 Å². The van der Waals surface area contributed by atoms with E-state index in [2.05, 4.69) is 41.4 Å². The first-order valence-electron chi connectivity index (χ1n) is 11.0. The highest BCUT2D eigenvalue weighted by Crippen LogP contribution is 2.40.